The van der Waals surface area contributed by atoms with Gasteiger partial charge in [-0.25, -0.2) is 0 Å². The lowest BCUT2D eigenvalue weighted by Crippen LogP contribution is -2.01. The fourth-order valence-electron chi connectivity index (χ4n) is 1.16. The van der Waals surface area contributed by atoms with Crippen molar-refractivity contribution in [1.82, 2.24) is 0 Å². The Morgan fingerprint density at radius 1 is 1.50 bits per heavy atom. The number of aliphatic hydroxyl groups is 1. The Kier molecular flexibility index (Phi) is 4.90. The molecular formula is C8H11ClN2O3. The summed E-state index contributed by atoms with van der Waals surface area (Å²) in [4.78, 5) is 10.0. The van der Waals surface area contributed by atoms with Gasteiger partial charge in [-0.1, -0.05) is 12.1 Å². The molecule has 3 N–H and O–H groups in total. The van der Waals surface area contributed by atoms with Gasteiger partial charge < -0.3 is 10.8 Å². The maximum atomic E-state index is 10.6. The number of hydrogen-bond acceptors (Lipinski definition) is 4. The second-order valence-electron chi connectivity index (χ2n) is 2.59. The molecule has 1 aromatic rings. The van der Waals surface area contributed by atoms with E-state index in [2.05, 4.69) is 0 Å². The van der Waals surface area contributed by atoms with E-state index in [0.29, 0.717) is 5.56 Å². The quantitative estimate of drug-likeness (QED) is 0.452. The van der Waals surface area contributed by atoms with Crippen LogP contribution in [0.4, 0.5) is 11.4 Å². The Hall–Kier alpha value is -1.33. The van der Waals surface area contributed by atoms with Crippen LogP contribution in [0.15, 0.2) is 18.2 Å². The molecule has 78 valence electrons. The SMILES string of the molecule is Cl.Nc1cccc(CCO)c1[N+](=O)[O-]. The van der Waals surface area contributed by atoms with Crippen molar-refractivity contribution in [2.45, 2.75) is 6.42 Å². The molecule has 0 aromatic heterocycles. The van der Waals surface area contributed by atoms with Gasteiger partial charge in [0.15, 0.2) is 0 Å². The Labute approximate surface area is 87.1 Å². The predicted molar refractivity (Wildman–Crippen MR) is 55.5 cm³/mol. The summed E-state index contributed by atoms with van der Waals surface area (Å²) >= 11 is 0. The molecule has 0 bridgehead atoms. The van der Waals surface area contributed by atoms with Crippen LogP contribution in [-0.4, -0.2) is 16.6 Å². The molecule has 0 aliphatic heterocycles. The monoisotopic (exact) mass is 218 g/mol. The predicted octanol–water partition coefficient (Wildman–Crippen LogP) is 1.13. The summed E-state index contributed by atoms with van der Waals surface area (Å²) < 4.78 is 0. The average Bonchev–Trinajstić information content (AvgIpc) is 2.04. The fourth-order valence-corrected chi connectivity index (χ4v) is 1.16. The zero-order valence-corrected chi connectivity index (χ0v) is 8.16. The number of nitrogens with two attached hydrogens (primary N) is 1. The first-order valence-electron chi connectivity index (χ1n) is 3.79. The van der Waals surface area contributed by atoms with Crippen molar-refractivity contribution in [2.75, 3.05) is 12.3 Å². The van der Waals surface area contributed by atoms with E-state index in [-0.39, 0.29) is 36.8 Å². The van der Waals surface area contributed by atoms with Crippen LogP contribution >= 0.6 is 12.4 Å². The molecule has 0 aliphatic carbocycles. The van der Waals surface area contributed by atoms with Gasteiger partial charge in [0.25, 0.3) is 5.69 Å². The second-order valence-corrected chi connectivity index (χ2v) is 2.59. The van der Waals surface area contributed by atoms with E-state index in [9.17, 15) is 10.1 Å². The van der Waals surface area contributed by atoms with E-state index in [1.165, 1.54) is 6.07 Å². The lowest BCUT2D eigenvalue weighted by atomic mass is 10.1. The van der Waals surface area contributed by atoms with Gasteiger partial charge >= 0.3 is 0 Å². The maximum Gasteiger partial charge on any atom is 0.295 e. The van der Waals surface area contributed by atoms with E-state index in [4.69, 9.17) is 10.8 Å². The van der Waals surface area contributed by atoms with Crippen LogP contribution in [0.5, 0.6) is 0 Å². The highest BCUT2D eigenvalue weighted by Crippen LogP contribution is 2.25. The first-order chi connectivity index (χ1) is 6.16. The molecule has 0 amide bonds. The number of benzene rings is 1. The molecule has 0 saturated heterocycles. The van der Waals surface area contributed by atoms with Crippen molar-refractivity contribution in [2.24, 2.45) is 0 Å². The third-order valence-electron chi connectivity index (χ3n) is 1.71. The molecule has 0 atom stereocenters. The molecule has 0 fully saturated rings. The molecular weight excluding hydrogens is 208 g/mol. The number of anilines is 1. The molecule has 1 aromatic carbocycles. The minimum Gasteiger partial charge on any atom is -0.396 e. The van der Waals surface area contributed by atoms with Crippen LogP contribution in [0, 0.1) is 10.1 Å². The van der Waals surface area contributed by atoms with Crippen molar-refractivity contribution in [3.05, 3.63) is 33.9 Å². The Bertz CT molecular complexity index is 330. The van der Waals surface area contributed by atoms with Gasteiger partial charge in [0.2, 0.25) is 0 Å². The van der Waals surface area contributed by atoms with Gasteiger partial charge in [-0.15, -0.1) is 12.4 Å². The maximum absolute atomic E-state index is 10.6. The number of nitro groups is 1. The van der Waals surface area contributed by atoms with E-state index >= 15 is 0 Å². The average molecular weight is 219 g/mol. The van der Waals surface area contributed by atoms with Crippen molar-refractivity contribution in [1.29, 1.82) is 0 Å². The summed E-state index contributed by atoms with van der Waals surface area (Å²) in [5.74, 6) is 0. The highest BCUT2D eigenvalue weighted by atomic mass is 35.5. The summed E-state index contributed by atoms with van der Waals surface area (Å²) in [6.07, 6.45) is 0.251. The summed E-state index contributed by atoms with van der Waals surface area (Å²) in [5, 5.41) is 19.2. The number of nitrogens with zero attached hydrogens (tertiary/aromatic N) is 1. The van der Waals surface area contributed by atoms with Gasteiger partial charge in [0, 0.05) is 18.6 Å². The molecule has 6 heteroatoms. The standard InChI is InChI=1S/C8H10N2O3.ClH/c9-7-3-1-2-6(4-5-11)8(7)10(12)13;/h1-3,11H,4-5,9H2;1H. The highest BCUT2D eigenvalue weighted by Gasteiger charge is 2.16. The van der Waals surface area contributed by atoms with Crippen LogP contribution < -0.4 is 5.73 Å². The van der Waals surface area contributed by atoms with Crippen LogP contribution in [0.25, 0.3) is 0 Å². The van der Waals surface area contributed by atoms with Crippen molar-refractivity contribution in [3.8, 4) is 0 Å². The molecule has 5 nitrogen and oxygen atoms in total. The third-order valence-corrected chi connectivity index (χ3v) is 1.71. The van der Waals surface area contributed by atoms with Crippen molar-refractivity contribution in [3.63, 3.8) is 0 Å². The molecule has 0 unspecified atom stereocenters. The summed E-state index contributed by atoms with van der Waals surface area (Å²) in [6.45, 7) is -0.121. The van der Waals surface area contributed by atoms with Gasteiger partial charge in [0.05, 0.1) is 4.92 Å². The zero-order chi connectivity index (χ0) is 9.84. The molecule has 0 heterocycles. The molecule has 0 aliphatic rings. The van der Waals surface area contributed by atoms with E-state index < -0.39 is 4.92 Å². The third kappa shape index (κ3) is 2.58. The topological polar surface area (TPSA) is 89.4 Å². The van der Waals surface area contributed by atoms with Gasteiger partial charge in [-0.05, 0) is 6.07 Å². The van der Waals surface area contributed by atoms with Crippen molar-refractivity contribution < 1.29 is 10.0 Å². The number of rotatable bonds is 3. The largest absolute Gasteiger partial charge is 0.396 e. The summed E-state index contributed by atoms with van der Waals surface area (Å²) in [6, 6.07) is 4.69. The number of aliphatic hydroxyl groups excluding tert-OH is 1. The lowest BCUT2D eigenvalue weighted by Gasteiger charge is -2.02. The summed E-state index contributed by atoms with van der Waals surface area (Å²) in [7, 11) is 0. The Morgan fingerprint density at radius 3 is 2.64 bits per heavy atom. The minimum absolute atomic E-state index is 0. The van der Waals surface area contributed by atoms with E-state index in [1.54, 1.807) is 12.1 Å². The molecule has 1 rings (SSSR count). The van der Waals surface area contributed by atoms with Gasteiger partial charge in [0.1, 0.15) is 5.69 Å². The normalized spacial score (nSPS) is 9.21. The molecule has 14 heavy (non-hydrogen) atoms. The number of halogens is 1. The molecule has 0 spiro atoms. The highest BCUT2D eigenvalue weighted by molar-refractivity contribution is 5.85. The van der Waals surface area contributed by atoms with Crippen molar-refractivity contribution >= 4 is 23.8 Å². The smallest absolute Gasteiger partial charge is 0.295 e. The van der Waals surface area contributed by atoms with E-state index in [1.807, 2.05) is 0 Å². The Morgan fingerprint density at radius 2 is 2.14 bits per heavy atom. The molecule has 0 saturated carbocycles. The van der Waals surface area contributed by atoms with Crippen LogP contribution in [-0.2, 0) is 6.42 Å². The second kappa shape index (κ2) is 5.41. The minimum atomic E-state index is -0.527. The molecule has 0 radical (unpaired) electrons. The number of hydrogen-bond donors (Lipinski definition) is 2. The number of para-hydroxylation sites is 1. The number of nitro benzene ring substituents is 1. The van der Waals surface area contributed by atoms with Gasteiger partial charge in [-0.2, -0.15) is 0 Å². The lowest BCUT2D eigenvalue weighted by molar-refractivity contribution is -0.384. The van der Waals surface area contributed by atoms with Crippen LogP contribution in [0.2, 0.25) is 0 Å². The van der Waals surface area contributed by atoms with Gasteiger partial charge in [-0.3, -0.25) is 10.1 Å². The zero-order valence-electron chi connectivity index (χ0n) is 7.34. The van der Waals surface area contributed by atoms with Crippen LogP contribution in [0.3, 0.4) is 0 Å². The first-order valence-corrected chi connectivity index (χ1v) is 3.79. The number of nitrogen functional groups attached to an aromatic ring is 1. The van der Waals surface area contributed by atoms with Crippen LogP contribution in [0.1, 0.15) is 5.56 Å². The first kappa shape index (κ1) is 12.7. The van der Waals surface area contributed by atoms with E-state index in [0.717, 1.165) is 0 Å². The summed E-state index contributed by atoms with van der Waals surface area (Å²) in [5.41, 5.74) is 5.93. The Balaban J connectivity index is 0.00000169. The fraction of sp³-hybridized carbons (Fsp3) is 0.250.